The van der Waals surface area contributed by atoms with E-state index in [1.54, 1.807) is 6.08 Å². The molecule has 0 rings (SSSR count). The van der Waals surface area contributed by atoms with Gasteiger partial charge in [0, 0.05) is 6.42 Å². The van der Waals surface area contributed by atoms with Gasteiger partial charge in [0.1, 0.15) is 13.2 Å². The van der Waals surface area contributed by atoms with E-state index in [1.807, 2.05) is 27.2 Å². The van der Waals surface area contributed by atoms with Crippen LogP contribution in [0, 0.1) is 0 Å². The summed E-state index contributed by atoms with van der Waals surface area (Å²) in [5.74, 6) is -0.193. The Labute approximate surface area is 484 Å². The molecule has 9 heteroatoms. The highest BCUT2D eigenvalue weighted by Crippen LogP contribution is 2.38. The lowest BCUT2D eigenvalue weighted by atomic mass is 10.0. The minimum atomic E-state index is -4.60. The van der Waals surface area contributed by atoms with Gasteiger partial charge in [0.2, 0.25) is 5.91 Å². The highest BCUT2D eigenvalue weighted by molar-refractivity contribution is 7.45. The summed E-state index contributed by atoms with van der Waals surface area (Å²) in [7, 11) is 1.27. The molecule has 0 aromatic carbocycles. The zero-order valence-corrected chi connectivity index (χ0v) is 53.0. The third-order valence-corrected chi connectivity index (χ3v) is 15.9. The first kappa shape index (κ1) is 75.9. The first-order valence-electron chi connectivity index (χ1n) is 33.3. The van der Waals surface area contributed by atoms with Gasteiger partial charge in [0.05, 0.1) is 39.9 Å². The van der Waals surface area contributed by atoms with Gasteiger partial charge in [-0.3, -0.25) is 9.36 Å². The number of hydrogen-bond donors (Lipinski definition) is 2. The Balaban J connectivity index is 3.89. The number of aliphatic hydroxyl groups is 1. The molecule has 0 aromatic rings. The van der Waals surface area contributed by atoms with Gasteiger partial charge in [0.15, 0.2) is 0 Å². The third kappa shape index (κ3) is 61.6. The molecule has 0 aromatic heterocycles. The summed E-state index contributed by atoms with van der Waals surface area (Å²) in [6, 6.07) is -0.886. The van der Waals surface area contributed by atoms with E-state index < -0.39 is 20.0 Å². The fourth-order valence-corrected chi connectivity index (χ4v) is 10.5. The van der Waals surface area contributed by atoms with Crippen molar-refractivity contribution in [2.24, 2.45) is 0 Å². The van der Waals surface area contributed by atoms with Crippen molar-refractivity contribution in [3.63, 3.8) is 0 Å². The van der Waals surface area contributed by atoms with Crippen LogP contribution in [0.15, 0.2) is 72.9 Å². The summed E-state index contributed by atoms with van der Waals surface area (Å²) in [6.45, 7) is 4.56. The number of allylic oxidation sites excluding steroid dienone is 11. The normalized spacial score (nSPS) is 14.2. The fraction of sp³-hybridized carbons (Fsp3) is 0.812. The number of amides is 1. The summed E-state index contributed by atoms with van der Waals surface area (Å²) in [5.41, 5.74) is 0. The van der Waals surface area contributed by atoms with Gasteiger partial charge in [-0.1, -0.05) is 311 Å². The number of nitrogens with zero attached hydrogens (tertiary/aromatic N) is 1. The van der Waals surface area contributed by atoms with Crippen LogP contribution in [0.1, 0.15) is 309 Å². The fourth-order valence-electron chi connectivity index (χ4n) is 9.77. The zero-order valence-electron chi connectivity index (χ0n) is 52.1. The number of likely N-dealkylation sites (N-methyl/N-ethyl adjacent to an activating group) is 1. The van der Waals surface area contributed by atoms with Gasteiger partial charge in [-0.2, -0.15) is 0 Å². The third-order valence-electron chi connectivity index (χ3n) is 14.9. The molecular formula is C69H129N2O6P. The number of quaternary nitrogens is 1. The number of nitrogens with one attached hydrogen (secondary N) is 1. The van der Waals surface area contributed by atoms with Crippen LogP contribution in [-0.2, 0) is 18.4 Å². The first-order chi connectivity index (χ1) is 38.0. The van der Waals surface area contributed by atoms with Crippen molar-refractivity contribution in [2.45, 2.75) is 321 Å². The molecule has 1 amide bonds. The van der Waals surface area contributed by atoms with Crippen LogP contribution in [0.2, 0.25) is 0 Å². The van der Waals surface area contributed by atoms with Crippen LogP contribution in [0.3, 0.4) is 0 Å². The van der Waals surface area contributed by atoms with Crippen molar-refractivity contribution in [2.75, 3.05) is 40.9 Å². The van der Waals surface area contributed by atoms with Crippen LogP contribution >= 0.6 is 7.82 Å². The molecule has 0 bridgehead atoms. The molecule has 0 aliphatic rings. The van der Waals surface area contributed by atoms with Gasteiger partial charge in [-0.25, -0.2) is 0 Å². The van der Waals surface area contributed by atoms with Crippen LogP contribution in [0.4, 0.5) is 0 Å². The second-order valence-electron chi connectivity index (χ2n) is 23.8. The number of phosphoric acid groups is 1. The Kier molecular flexibility index (Phi) is 58.0. The molecule has 456 valence electrons. The average Bonchev–Trinajstić information content (AvgIpc) is 3.41. The lowest BCUT2D eigenvalue weighted by Crippen LogP contribution is -2.45. The molecule has 8 nitrogen and oxygen atoms in total. The maximum absolute atomic E-state index is 13.0. The van der Waals surface area contributed by atoms with Gasteiger partial charge in [-0.15, -0.1) is 0 Å². The molecule has 0 saturated heterocycles. The van der Waals surface area contributed by atoms with E-state index in [1.165, 1.54) is 218 Å². The van der Waals surface area contributed by atoms with Gasteiger partial charge in [0.25, 0.3) is 7.82 Å². The predicted octanol–water partition coefficient (Wildman–Crippen LogP) is 20.4. The number of rotatable bonds is 61. The van der Waals surface area contributed by atoms with E-state index in [-0.39, 0.29) is 19.1 Å². The summed E-state index contributed by atoms with van der Waals surface area (Å²) >= 11 is 0. The van der Waals surface area contributed by atoms with E-state index >= 15 is 0 Å². The minimum absolute atomic E-state index is 0.000185. The summed E-state index contributed by atoms with van der Waals surface area (Å²) < 4.78 is 23.4. The summed E-state index contributed by atoms with van der Waals surface area (Å²) in [6.07, 6.45) is 83.1. The minimum Gasteiger partial charge on any atom is -0.756 e. The van der Waals surface area contributed by atoms with Crippen LogP contribution in [-0.4, -0.2) is 68.5 Å². The molecule has 0 spiro atoms. The number of carbonyl (C=O) groups is 1. The molecule has 0 aliphatic carbocycles. The predicted molar refractivity (Wildman–Crippen MR) is 339 cm³/mol. The highest BCUT2D eigenvalue weighted by atomic mass is 31.2. The Morgan fingerprint density at radius 1 is 0.462 bits per heavy atom. The van der Waals surface area contributed by atoms with Crippen molar-refractivity contribution >= 4 is 13.7 Å². The average molecular weight is 1110 g/mol. The number of unbranched alkanes of at least 4 members (excludes halogenated alkanes) is 38. The first-order valence-corrected chi connectivity index (χ1v) is 34.8. The topological polar surface area (TPSA) is 108 Å². The maximum atomic E-state index is 13.0. The lowest BCUT2D eigenvalue weighted by molar-refractivity contribution is -0.870. The Morgan fingerprint density at radius 2 is 0.782 bits per heavy atom. The SMILES string of the molecule is CC/C=C\C/C=C\C/C=C\C/C=C\C/C=C\CCCCCCCCCCCCCCCCCCCCCCCCCCCC(=O)NC(COP(=O)([O-])OCC[N+](C)(C)C)C(O)/C=C/CCCCCCCCCCCCCCC. The van der Waals surface area contributed by atoms with Crippen molar-refractivity contribution in [3.8, 4) is 0 Å². The molecule has 0 fully saturated rings. The van der Waals surface area contributed by atoms with E-state index in [4.69, 9.17) is 9.05 Å². The zero-order chi connectivity index (χ0) is 57.0. The molecular weight excluding hydrogens is 984 g/mol. The molecule has 3 atom stereocenters. The largest absolute Gasteiger partial charge is 0.756 e. The van der Waals surface area contributed by atoms with Crippen molar-refractivity contribution < 1.29 is 32.9 Å². The number of carbonyl (C=O) groups excluding carboxylic acids is 1. The van der Waals surface area contributed by atoms with Crippen molar-refractivity contribution in [3.05, 3.63) is 72.9 Å². The molecule has 0 saturated carbocycles. The monoisotopic (exact) mass is 1110 g/mol. The van der Waals surface area contributed by atoms with Gasteiger partial charge in [-0.05, 0) is 64.2 Å². The molecule has 0 radical (unpaired) electrons. The number of phosphoric ester groups is 1. The lowest BCUT2D eigenvalue weighted by Gasteiger charge is -2.29. The van der Waals surface area contributed by atoms with Crippen molar-refractivity contribution in [1.29, 1.82) is 0 Å². The number of hydrogen-bond acceptors (Lipinski definition) is 6. The second kappa shape index (κ2) is 59.6. The van der Waals surface area contributed by atoms with Gasteiger partial charge < -0.3 is 28.8 Å². The van der Waals surface area contributed by atoms with Gasteiger partial charge >= 0.3 is 0 Å². The van der Waals surface area contributed by atoms with Crippen LogP contribution in [0.5, 0.6) is 0 Å². The Bertz CT molecular complexity index is 1500. The molecule has 0 aliphatic heterocycles. The van der Waals surface area contributed by atoms with E-state index in [0.717, 1.165) is 70.6 Å². The Morgan fingerprint density at radius 3 is 1.14 bits per heavy atom. The quantitative estimate of drug-likeness (QED) is 0.0272. The molecule has 78 heavy (non-hydrogen) atoms. The van der Waals surface area contributed by atoms with E-state index in [0.29, 0.717) is 17.4 Å². The number of aliphatic hydroxyl groups excluding tert-OH is 1. The standard InChI is InChI=1S/C69H129N2O6P/c1-6-8-10-12-14-16-18-20-22-23-24-25-26-27-28-29-30-31-32-33-34-35-36-37-38-39-40-41-42-43-44-45-46-47-49-51-53-55-57-59-61-63-69(73)70-67(66-77-78(74,75)76-65-64-71(3,4)5)68(72)62-60-58-56-54-52-50-48-21-19-17-15-13-11-9-7-2/h8,10,14,16,20,22,24-25,27-28,60,62,67-68,72H,6-7,9,11-13,15,17-19,21,23,26,29-59,61,63-66H2,1-5H3,(H-,70,73,74,75)/b10-8-,16-14-,22-20-,25-24-,28-27-,62-60+. The Hall–Kier alpha value is -2.06. The molecule has 0 heterocycles. The highest BCUT2D eigenvalue weighted by Gasteiger charge is 2.23. The van der Waals surface area contributed by atoms with Crippen LogP contribution in [0.25, 0.3) is 0 Å². The van der Waals surface area contributed by atoms with E-state index in [2.05, 4.69) is 79.9 Å². The summed E-state index contributed by atoms with van der Waals surface area (Å²) in [5, 5.41) is 13.9. The second-order valence-corrected chi connectivity index (χ2v) is 25.2. The van der Waals surface area contributed by atoms with E-state index in [9.17, 15) is 19.4 Å². The van der Waals surface area contributed by atoms with Crippen molar-refractivity contribution in [1.82, 2.24) is 5.32 Å². The smallest absolute Gasteiger partial charge is 0.268 e. The summed E-state index contributed by atoms with van der Waals surface area (Å²) in [4.78, 5) is 25.5. The molecule has 2 N–H and O–H groups in total. The maximum Gasteiger partial charge on any atom is 0.268 e. The van der Waals surface area contributed by atoms with Crippen LogP contribution < -0.4 is 10.2 Å². The molecule has 3 unspecified atom stereocenters.